The largest absolute Gasteiger partial charge is 0.379 e. The van der Waals surface area contributed by atoms with Gasteiger partial charge in [-0.15, -0.1) is 0 Å². The molecule has 1 atom stereocenters. The third-order valence-electron chi connectivity index (χ3n) is 3.86. The summed E-state index contributed by atoms with van der Waals surface area (Å²) in [5.74, 6) is 0.110. The molecule has 0 N–H and O–H groups in total. The molecule has 1 aromatic carbocycles. The predicted molar refractivity (Wildman–Crippen MR) is 79.7 cm³/mol. The quantitative estimate of drug-likeness (QED) is 0.803. The van der Waals surface area contributed by atoms with Crippen LogP contribution in [0.15, 0.2) is 42.7 Å². The van der Waals surface area contributed by atoms with Crippen molar-refractivity contribution in [1.82, 2.24) is 14.7 Å². The minimum Gasteiger partial charge on any atom is -0.379 e. The first-order valence-corrected chi connectivity index (χ1v) is 7.22. The van der Waals surface area contributed by atoms with Crippen molar-refractivity contribution in [3.05, 3.63) is 48.3 Å². The zero-order valence-electron chi connectivity index (χ0n) is 12.1. The molecule has 1 unspecified atom stereocenters. The molecule has 2 aromatic rings. The van der Waals surface area contributed by atoms with Crippen molar-refractivity contribution in [2.45, 2.75) is 13.0 Å². The van der Waals surface area contributed by atoms with Gasteiger partial charge in [-0.2, -0.15) is 5.10 Å². The topological polar surface area (TPSA) is 47.4 Å². The van der Waals surface area contributed by atoms with Gasteiger partial charge in [-0.05, 0) is 19.1 Å². The zero-order chi connectivity index (χ0) is 14.7. The van der Waals surface area contributed by atoms with Gasteiger partial charge >= 0.3 is 0 Å². The second-order valence-electron chi connectivity index (χ2n) is 5.20. The lowest BCUT2D eigenvalue weighted by Gasteiger charge is -2.31. The van der Waals surface area contributed by atoms with Crippen LogP contribution in [0.2, 0.25) is 0 Å². The number of ether oxygens (including phenoxy) is 1. The lowest BCUT2D eigenvalue weighted by Crippen LogP contribution is -2.45. The van der Waals surface area contributed by atoms with Crippen LogP contribution >= 0.6 is 0 Å². The zero-order valence-corrected chi connectivity index (χ0v) is 12.1. The number of Topliss-reactive ketones (excluding diaryl/α,β-unsaturated/α-hetero) is 1. The number of benzene rings is 1. The van der Waals surface area contributed by atoms with Crippen molar-refractivity contribution >= 4 is 5.78 Å². The van der Waals surface area contributed by atoms with Crippen LogP contribution in [0.3, 0.4) is 0 Å². The molecule has 1 fully saturated rings. The Kier molecular flexibility index (Phi) is 4.13. The van der Waals surface area contributed by atoms with Crippen LogP contribution < -0.4 is 0 Å². The molecule has 0 aliphatic carbocycles. The molecule has 2 heterocycles. The summed E-state index contributed by atoms with van der Waals surface area (Å²) in [4.78, 5) is 14.7. The molecule has 1 saturated heterocycles. The van der Waals surface area contributed by atoms with Crippen molar-refractivity contribution in [3.8, 4) is 5.69 Å². The van der Waals surface area contributed by atoms with Gasteiger partial charge in [0.25, 0.3) is 0 Å². The van der Waals surface area contributed by atoms with Crippen molar-refractivity contribution in [2.75, 3.05) is 26.3 Å². The van der Waals surface area contributed by atoms with Gasteiger partial charge in [0.05, 0.1) is 36.7 Å². The molecule has 0 amide bonds. The van der Waals surface area contributed by atoms with Gasteiger partial charge in [-0.25, -0.2) is 4.68 Å². The van der Waals surface area contributed by atoms with E-state index in [-0.39, 0.29) is 11.8 Å². The normalized spacial score (nSPS) is 17.6. The highest BCUT2D eigenvalue weighted by Crippen LogP contribution is 2.13. The van der Waals surface area contributed by atoms with E-state index in [1.54, 1.807) is 17.1 Å². The Hall–Kier alpha value is -1.98. The Morgan fingerprint density at radius 1 is 1.24 bits per heavy atom. The Labute approximate surface area is 124 Å². The second kappa shape index (κ2) is 6.20. The average Bonchev–Trinajstić information content (AvgIpc) is 3.05. The summed E-state index contributed by atoms with van der Waals surface area (Å²) in [5.41, 5.74) is 1.61. The van der Waals surface area contributed by atoms with E-state index in [1.165, 1.54) is 0 Å². The summed E-state index contributed by atoms with van der Waals surface area (Å²) in [6.45, 7) is 4.95. The summed E-state index contributed by atoms with van der Waals surface area (Å²) < 4.78 is 7.06. The SMILES string of the molecule is CC(C(=O)c1cnn(-c2ccccc2)c1)N1CCOCC1. The maximum absolute atomic E-state index is 12.6. The first-order chi connectivity index (χ1) is 10.3. The number of carbonyl (C=O) groups excluding carboxylic acids is 1. The molecule has 21 heavy (non-hydrogen) atoms. The maximum Gasteiger partial charge on any atom is 0.182 e. The highest BCUT2D eigenvalue weighted by molar-refractivity contribution is 5.99. The first kappa shape index (κ1) is 14.0. The van der Waals surface area contributed by atoms with E-state index in [0.29, 0.717) is 18.8 Å². The molecule has 1 aliphatic rings. The van der Waals surface area contributed by atoms with Crippen LogP contribution in [0.4, 0.5) is 0 Å². The smallest absolute Gasteiger partial charge is 0.182 e. The van der Waals surface area contributed by atoms with Crippen LogP contribution in [-0.4, -0.2) is 52.8 Å². The number of hydrogen-bond acceptors (Lipinski definition) is 4. The molecular weight excluding hydrogens is 266 g/mol. The van der Waals surface area contributed by atoms with E-state index < -0.39 is 0 Å². The number of para-hydroxylation sites is 1. The number of hydrogen-bond donors (Lipinski definition) is 0. The predicted octanol–water partition coefficient (Wildman–Crippen LogP) is 1.78. The minimum atomic E-state index is -0.137. The number of aromatic nitrogens is 2. The molecule has 5 nitrogen and oxygen atoms in total. The van der Waals surface area contributed by atoms with Crippen LogP contribution in [0, 0.1) is 0 Å². The van der Waals surface area contributed by atoms with Crippen molar-refractivity contribution in [2.24, 2.45) is 0 Å². The lowest BCUT2D eigenvalue weighted by molar-refractivity contribution is 0.0208. The lowest BCUT2D eigenvalue weighted by atomic mass is 10.1. The molecule has 1 aliphatic heterocycles. The van der Waals surface area contributed by atoms with Gasteiger partial charge < -0.3 is 4.74 Å². The van der Waals surface area contributed by atoms with Gasteiger partial charge in [-0.3, -0.25) is 9.69 Å². The van der Waals surface area contributed by atoms with Gasteiger partial charge in [0, 0.05) is 19.3 Å². The van der Waals surface area contributed by atoms with E-state index in [2.05, 4.69) is 10.00 Å². The molecule has 3 rings (SSSR count). The summed E-state index contributed by atoms with van der Waals surface area (Å²) in [7, 11) is 0. The van der Waals surface area contributed by atoms with Gasteiger partial charge in [0.15, 0.2) is 5.78 Å². The van der Waals surface area contributed by atoms with Crippen LogP contribution in [-0.2, 0) is 4.74 Å². The van der Waals surface area contributed by atoms with Gasteiger partial charge in [0.1, 0.15) is 0 Å². The summed E-state index contributed by atoms with van der Waals surface area (Å²) in [6, 6.07) is 9.66. The fraction of sp³-hybridized carbons (Fsp3) is 0.375. The summed E-state index contributed by atoms with van der Waals surface area (Å²) in [5, 5.41) is 4.29. The maximum atomic E-state index is 12.6. The monoisotopic (exact) mass is 285 g/mol. The number of carbonyl (C=O) groups is 1. The molecule has 1 aromatic heterocycles. The van der Waals surface area contributed by atoms with Crippen LogP contribution in [0.5, 0.6) is 0 Å². The number of ketones is 1. The van der Waals surface area contributed by atoms with E-state index in [1.807, 2.05) is 37.3 Å². The van der Waals surface area contributed by atoms with E-state index in [9.17, 15) is 4.79 Å². The molecular formula is C16H19N3O2. The van der Waals surface area contributed by atoms with Crippen molar-refractivity contribution in [1.29, 1.82) is 0 Å². The molecule has 0 radical (unpaired) electrons. The third-order valence-corrected chi connectivity index (χ3v) is 3.86. The highest BCUT2D eigenvalue weighted by atomic mass is 16.5. The highest BCUT2D eigenvalue weighted by Gasteiger charge is 2.25. The standard InChI is InChI=1S/C16H19N3O2/c1-13(18-7-9-21-10-8-18)16(20)14-11-17-19(12-14)15-5-3-2-4-6-15/h2-6,11-13H,7-10H2,1H3. The third kappa shape index (κ3) is 3.04. The Bertz CT molecular complexity index is 603. The molecule has 0 bridgehead atoms. The summed E-state index contributed by atoms with van der Waals surface area (Å²) in [6.07, 6.45) is 3.45. The number of rotatable bonds is 4. The van der Waals surface area contributed by atoms with Crippen LogP contribution in [0.25, 0.3) is 5.69 Å². The van der Waals surface area contributed by atoms with E-state index in [4.69, 9.17) is 4.74 Å². The fourth-order valence-electron chi connectivity index (χ4n) is 2.54. The Morgan fingerprint density at radius 3 is 2.67 bits per heavy atom. The second-order valence-corrected chi connectivity index (χ2v) is 5.20. The molecule has 5 heteroatoms. The van der Waals surface area contributed by atoms with Crippen molar-refractivity contribution in [3.63, 3.8) is 0 Å². The fourth-order valence-corrected chi connectivity index (χ4v) is 2.54. The van der Waals surface area contributed by atoms with E-state index in [0.717, 1.165) is 18.8 Å². The summed E-state index contributed by atoms with van der Waals surface area (Å²) >= 11 is 0. The number of morpholine rings is 1. The van der Waals surface area contributed by atoms with E-state index >= 15 is 0 Å². The Balaban J connectivity index is 1.74. The molecule has 0 saturated carbocycles. The van der Waals surface area contributed by atoms with Gasteiger partial charge in [0.2, 0.25) is 0 Å². The van der Waals surface area contributed by atoms with Crippen LogP contribution in [0.1, 0.15) is 17.3 Å². The van der Waals surface area contributed by atoms with Crippen molar-refractivity contribution < 1.29 is 9.53 Å². The minimum absolute atomic E-state index is 0.110. The first-order valence-electron chi connectivity index (χ1n) is 7.22. The molecule has 0 spiro atoms. The van der Waals surface area contributed by atoms with Gasteiger partial charge in [-0.1, -0.05) is 18.2 Å². The molecule has 110 valence electrons. The average molecular weight is 285 g/mol. The Morgan fingerprint density at radius 2 is 1.95 bits per heavy atom. The number of nitrogens with zero attached hydrogens (tertiary/aromatic N) is 3.